The third-order valence-corrected chi connectivity index (χ3v) is 18.7. The molecule has 0 aromatic heterocycles. The smallest absolute Gasteiger partial charge is 0.0836 e. The minimum absolute atomic E-state index is 0.197. The van der Waals surface area contributed by atoms with Gasteiger partial charge in [-0.2, -0.15) is 0 Å². The highest BCUT2D eigenvalue weighted by Crippen LogP contribution is 2.74. The molecule has 4 aliphatic carbocycles. The molecule has 7 aromatic rings. The Hall–Kier alpha value is -5.83. The van der Waals surface area contributed by atoms with Gasteiger partial charge in [-0.1, -0.05) is 184 Å². The summed E-state index contributed by atoms with van der Waals surface area (Å²) in [5, 5.41) is 2.55. The zero-order valence-electron chi connectivity index (χ0n) is 38.6. The molecule has 6 aliphatic rings. The summed E-state index contributed by atoms with van der Waals surface area (Å²) in [5.41, 5.74) is 17.6. The van der Waals surface area contributed by atoms with Crippen molar-refractivity contribution in [3.63, 3.8) is 0 Å². The first-order valence-electron chi connectivity index (χ1n) is 24.2. The van der Waals surface area contributed by atoms with E-state index in [1.54, 1.807) is 5.57 Å². The molecule has 65 heavy (non-hydrogen) atoms. The van der Waals surface area contributed by atoms with Crippen molar-refractivity contribution in [2.24, 2.45) is 0 Å². The first-order chi connectivity index (χ1) is 31.5. The molecule has 2 heteroatoms. The Morgan fingerprint density at radius 1 is 0.492 bits per heavy atom. The predicted octanol–water partition coefficient (Wildman–Crippen LogP) is 16.8. The summed E-state index contributed by atoms with van der Waals surface area (Å²) in [6.07, 6.45) is 12.2. The quantitative estimate of drug-likeness (QED) is 0.162. The monoisotopic (exact) mass is 859 g/mol. The van der Waals surface area contributed by atoms with Crippen molar-refractivity contribution in [3.8, 4) is 22.3 Å². The Balaban J connectivity index is 1.13. The molecule has 1 saturated carbocycles. The van der Waals surface area contributed by atoms with Crippen molar-refractivity contribution < 1.29 is 0 Å². The van der Waals surface area contributed by atoms with Crippen LogP contribution in [0.4, 0.5) is 11.4 Å². The van der Waals surface area contributed by atoms with Crippen molar-refractivity contribution in [1.29, 1.82) is 0 Å². The van der Waals surface area contributed by atoms with Gasteiger partial charge >= 0.3 is 0 Å². The molecule has 0 radical (unpaired) electrons. The number of benzene rings is 7. The number of nitrogens with zero attached hydrogens (tertiary/aromatic N) is 1. The van der Waals surface area contributed by atoms with Crippen LogP contribution >= 0.6 is 11.8 Å². The highest BCUT2D eigenvalue weighted by Gasteiger charge is 2.67. The van der Waals surface area contributed by atoms with Gasteiger partial charge in [-0.25, -0.2) is 0 Å². The normalized spacial score (nSPS) is 27.0. The van der Waals surface area contributed by atoms with Crippen LogP contribution in [0.5, 0.6) is 0 Å². The van der Waals surface area contributed by atoms with Gasteiger partial charge in [0.25, 0.3) is 0 Å². The van der Waals surface area contributed by atoms with Crippen LogP contribution in [0.1, 0.15) is 107 Å². The highest BCUT2D eigenvalue weighted by molar-refractivity contribution is 8.03. The zero-order chi connectivity index (χ0) is 44.1. The van der Waals surface area contributed by atoms with Gasteiger partial charge in [0, 0.05) is 42.7 Å². The highest BCUT2D eigenvalue weighted by atomic mass is 32.2. The van der Waals surface area contributed by atoms with Crippen LogP contribution in [-0.4, -0.2) is 5.54 Å². The number of rotatable bonds is 4. The van der Waals surface area contributed by atoms with E-state index < -0.39 is 11.0 Å². The summed E-state index contributed by atoms with van der Waals surface area (Å²) < 4.78 is 0. The summed E-state index contributed by atoms with van der Waals surface area (Å²) in [6, 6.07) is 61.0. The second kappa shape index (κ2) is 13.6. The minimum atomic E-state index is -0.548. The Labute approximate surface area is 390 Å². The van der Waals surface area contributed by atoms with E-state index in [2.05, 4.69) is 216 Å². The van der Waals surface area contributed by atoms with E-state index in [0.29, 0.717) is 5.92 Å². The maximum Gasteiger partial charge on any atom is 0.0836 e. The molecule has 0 spiro atoms. The molecule has 13 rings (SSSR count). The van der Waals surface area contributed by atoms with Crippen molar-refractivity contribution in [3.05, 3.63) is 219 Å². The Kier molecular flexibility index (Phi) is 8.28. The molecule has 4 unspecified atom stereocenters. The molecule has 320 valence electrons. The predicted molar refractivity (Wildman–Crippen MR) is 275 cm³/mol. The maximum absolute atomic E-state index is 2.80. The fourth-order valence-electron chi connectivity index (χ4n) is 14.4. The maximum atomic E-state index is 2.80. The van der Waals surface area contributed by atoms with Crippen LogP contribution < -0.4 is 4.90 Å². The first kappa shape index (κ1) is 39.5. The Morgan fingerprint density at radius 2 is 1.14 bits per heavy atom. The molecule has 2 heterocycles. The zero-order valence-corrected chi connectivity index (χ0v) is 39.5. The number of hydrogen-bond acceptors (Lipinski definition) is 2. The SMILES string of the molecule is CC1(C)C2=CC3(C)C4=C(C5(C)C(=CC4(C)c4cc6ccccc6cc4N3c3ccc(-c4ccc(C6CCCCC6)cc4)cc3-c3ccccc3)Sc3ccccc35)C2(C)c2ccccc21. The molecule has 7 aromatic carbocycles. The van der Waals surface area contributed by atoms with Crippen molar-refractivity contribution >= 4 is 33.9 Å². The summed E-state index contributed by atoms with van der Waals surface area (Å²) in [6.45, 7) is 15.3. The molecule has 1 nitrogen and oxygen atoms in total. The van der Waals surface area contributed by atoms with Gasteiger partial charge in [-0.3, -0.25) is 0 Å². The van der Waals surface area contributed by atoms with E-state index >= 15 is 0 Å². The number of thioether (sulfide) groups is 1. The second-order valence-electron chi connectivity index (χ2n) is 21.3. The Morgan fingerprint density at radius 3 is 1.89 bits per heavy atom. The van der Waals surface area contributed by atoms with Crippen molar-refractivity contribution in [2.75, 3.05) is 4.90 Å². The molecular formula is C63H57NS. The molecule has 0 N–H and O–H groups in total. The lowest BCUT2D eigenvalue weighted by Gasteiger charge is -2.63. The lowest BCUT2D eigenvalue weighted by Crippen LogP contribution is -2.61. The van der Waals surface area contributed by atoms with Gasteiger partial charge in [-0.15, -0.1) is 0 Å². The third-order valence-electron chi connectivity index (χ3n) is 17.4. The van der Waals surface area contributed by atoms with Crippen LogP contribution in [0.15, 0.2) is 196 Å². The third kappa shape index (κ3) is 5.18. The molecule has 0 bridgehead atoms. The molecule has 2 aliphatic heterocycles. The molecule has 4 atom stereocenters. The summed E-state index contributed by atoms with van der Waals surface area (Å²) in [5.74, 6) is 0.689. The number of hydrogen-bond donors (Lipinski definition) is 0. The van der Waals surface area contributed by atoms with Crippen molar-refractivity contribution in [1.82, 2.24) is 0 Å². The molecule has 0 amide bonds. The van der Waals surface area contributed by atoms with Gasteiger partial charge in [0.1, 0.15) is 0 Å². The van der Waals surface area contributed by atoms with Gasteiger partial charge < -0.3 is 4.90 Å². The van der Waals surface area contributed by atoms with E-state index in [9.17, 15) is 0 Å². The first-order valence-corrected chi connectivity index (χ1v) is 25.0. The fraction of sp³-hybridized carbons (Fsp3) is 0.270. The van der Waals surface area contributed by atoms with Crippen LogP contribution in [0.25, 0.3) is 33.0 Å². The summed E-state index contributed by atoms with van der Waals surface area (Å²) >= 11 is 2.01. The number of allylic oxidation sites excluding steroid dienone is 4. The summed E-state index contributed by atoms with van der Waals surface area (Å²) in [4.78, 5) is 5.64. The van der Waals surface area contributed by atoms with E-state index in [-0.39, 0.29) is 16.2 Å². The van der Waals surface area contributed by atoms with Gasteiger partial charge in [0.15, 0.2) is 0 Å². The minimum Gasteiger partial charge on any atom is -0.327 e. The van der Waals surface area contributed by atoms with Crippen LogP contribution in [0.3, 0.4) is 0 Å². The van der Waals surface area contributed by atoms with E-state index in [1.165, 1.54) is 125 Å². The van der Waals surface area contributed by atoms with Crippen molar-refractivity contribution in [2.45, 2.75) is 112 Å². The summed E-state index contributed by atoms with van der Waals surface area (Å²) in [7, 11) is 0. The molecule has 0 saturated heterocycles. The standard InChI is InChI=1S/C63H57NS/c1-59(2)48-25-15-16-26-49(48)62(5)55(59)38-61(4)57-58(62)63(6)50-27-17-18-28-54(50)65-56(63)39-60(57,3)51-36-44-23-13-14-24-45(44)37-53(51)64(61)52-34-33-46(35-47(52)43-21-11-8-12-22-43)42-31-29-41(30-32-42)40-19-9-7-10-20-40/h8,11-18,21-40H,7,9-10,19-20H2,1-6H3. The Bertz CT molecular complexity index is 3250. The average Bonchev–Trinajstić information content (AvgIpc) is 3.72. The van der Waals surface area contributed by atoms with E-state index in [0.717, 1.165) is 0 Å². The van der Waals surface area contributed by atoms with E-state index in [1.807, 2.05) is 11.8 Å². The van der Waals surface area contributed by atoms with Gasteiger partial charge in [0.05, 0.1) is 11.2 Å². The fourth-order valence-corrected chi connectivity index (χ4v) is 15.9. The van der Waals surface area contributed by atoms with Gasteiger partial charge in [-0.05, 0) is 149 Å². The van der Waals surface area contributed by atoms with Crippen LogP contribution in [0.2, 0.25) is 0 Å². The lowest BCUT2D eigenvalue weighted by molar-refractivity contribution is 0.396. The second-order valence-corrected chi connectivity index (χ2v) is 22.4. The van der Waals surface area contributed by atoms with Gasteiger partial charge in [0.2, 0.25) is 0 Å². The lowest BCUT2D eigenvalue weighted by atomic mass is 9.46. The number of fused-ring (bicyclic) bond motifs is 11. The van der Waals surface area contributed by atoms with Crippen LogP contribution in [-0.2, 0) is 21.7 Å². The number of anilines is 2. The van der Waals surface area contributed by atoms with Crippen LogP contribution in [0, 0.1) is 0 Å². The van der Waals surface area contributed by atoms with E-state index in [4.69, 9.17) is 0 Å². The average molecular weight is 860 g/mol. The molecular weight excluding hydrogens is 803 g/mol. The molecule has 1 fully saturated rings. The largest absolute Gasteiger partial charge is 0.327 e. The topological polar surface area (TPSA) is 3.24 Å².